The van der Waals surface area contributed by atoms with Crippen molar-refractivity contribution in [2.45, 2.75) is 19.4 Å². The average Bonchev–Trinajstić information content (AvgIpc) is 2.15. The Morgan fingerprint density at radius 3 is 3.22 bits per heavy atom. The number of aryl methyl sites for hydroxylation is 2. The predicted molar refractivity (Wildman–Crippen MR) is 34.2 cm³/mol. The van der Waals surface area contributed by atoms with Crippen LogP contribution in [0.1, 0.15) is 12.1 Å². The highest BCUT2D eigenvalue weighted by Gasteiger charge is 2.07. The Morgan fingerprint density at radius 2 is 2.44 bits per heavy atom. The normalized spacial score (nSPS) is 14.7. The third kappa shape index (κ3) is 0.833. The van der Waals surface area contributed by atoms with Gasteiger partial charge in [0.05, 0.1) is 0 Å². The number of hydrogen-bond acceptors (Lipinski definition) is 1. The van der Waals surface area contributed by atoms with Crippen molar-refractivity contribution in [1.29, 1.82) is 0 Å². The van der Waals surface area contributed by atoms with Crippen molar-refractivity contribution >= 4 is 0 Å². The molecule has 1 aromatic heterocycles. The number of hydrogen-bond donors (Lipinski definition) is 0. The average molecular weight is 126 g/mol. The molecular formula is C6H10N2O. The van der Waals surface area contributed by atoms with Crippen LogP contribution in [0.3, 0.4) is 0 Å². The van der Waals surface area contributed by atoms with Crippen LogP contribution in [0.4, 0.5) is 0 Å². The van der Waals surface area contributed by atoms with E-state index in [1.165, 1.54) is 18.5 Å². The quantitative estimate of drug-likeness (QED) is 0.483. The molecule has 1 aliphatic heterocycles. The molecule has 0 radical (unpaired) electrons. The summed E-state index contributed by atoms with van der Waals surface area (Å²) in [5, 5.41) is 4.11. The van der Waals surface area contributed by atoms with Gasteiger partial charge in [-0.1, -0.05) is 0 Å². The molecule has 0 atom stereocenters. The maximum Gasteiger partial charge on any atom is 0.0492 e. The molecule has 3 nitrogen and oxygen atoms in total. The minimum Gasteiger partial charge on any atom is -0.412 e. The lowest BCUT2D eigenvalue weighted by atomic mass is 10.3. The number of fused-ring (bicyclic) bond motifs is 1. The van der Waals surface area contributed by atoms with Gasteiger partial charge in [-0.2, -0.15) is 5.10 Å². The molecule has 1 aromatic rings. The fourth-order valence-electron chi connectivity index (χ4n) is 1.18. The van der Waals surface area contributed by atoms with Gasteiger partial charge in [-0.15, -0.1) is 0 Å². The minimum atomic E-state index is 0. The van der Waals surface area contributed by atoms with Crippen LogP contribution < -0.4 is 0 Å². The summed E-state index contributed by atoms with van der Waals surface area (Å²) in [4.78, 5) is 0. The van der Waals surface area contributed by atoms with Crippen LogP contribution in [0.25, 0.3) is 0 Å². The number of aromatic nitrogens is 2. The lowest BCUT2D eigenvalue weighted by Gasteiger charge is -1.87. The fourth-order valence-corrected chi connectivity index (χ4v) is 1.18. The van der Waals surface area contributed by atoms with Gasteiger partial charge in [-0.05, 0) is 18.9 Å². The first-order valence-electron chi connectivity index (χ1n) is 2.97. The minimum absolute atomic E-state index is 0. The van der Waals surface area contributed by atoms with E-state index in [0.717, 1.165) is 6.54 Å². The van der Waals surface area contributed by atoms with E-state index >= 15 is 0 Å². The third-order valence-corrected chi connectivity index (χ3v) is 1.61. The topological polar surface area (TPSA) is 49.3 Å². The van der Waals surface area contributed by atoms with Crippen molar-refractivity contribution in [2.24, 2.45) is 0 Å². The zero-order valence-electron chi connectivity index (χ0n) is 5.17. The summed E-state index contributed by atoms with van der Waals surface area (Å²) >= 11 is 0. The standard InChI is InChI=1S/C6H8N2.H2O/c1-2-6-3-4-7-8(6)5-1;/h3-4H,1-2,5H2;1H2. The molecule has 50 valence electrons. The summed E-state index contributed by atoms with van der Waals surface area (Å²) in [7, 11) is 0. The van der Waals surface area contributed by atoms with Gasteiger partial charge in [0.15, 0.2) is 0 Å². The smallest absolute Gasteiger partial charge is 0.0492 e. The molecule has 0 unspecified atom stereocenters. The number of nitrogens with zero attached hydrogens (tertiary/aromatic N) is 2. The van der Waals surface area contributed by atoms with Crippen LogP contribution in [0.2, 0.25) is 0 Å². The van der Waals surface area contributed by atoms with Gasteiger partial charge >= 0.3 is 0 Å². The molecule has 0 fully saturated rings. The maximum absolute atomic E-state index is 4.11. The second-order valence-electron chi connectivity index (χ2n) is 2.15. The van der Waals surface area contributed by atoms with Crippen LogP contribution in [0.15, 0.2) is 12.3 Å². The SMILES string of the molecule is O.c1cc2n(n1)CCC2. The first-order valence-corrected chi connectivity index (χ1v) is 2.97. The van der Waals surface area contributed by atoms with E-state index in [-0.39, 0.29) is 5.48 Å². The molecule has 9 heavy (non-hydrogen) atoms. The molecule has 0 saturated heterocycles. The summed E-state index contributed by atoms with van der Waals surface area (Å²) in [5.41, 5.74) is 1.39. The monoisotopic (exact) mass is 126 g/mol. The van der Waals surface area contributed by atoms with Gasteiger partial charge < -0.3 is 5.48 Å². The summed E-state index contributed by atoms with van der Waals surface area (Å²) in [6.45, 7) is 1.13. The highest BCUT2D eigenvalue weighted by atomic mass is 16.0. The summed E-state index contributed by atoms with van der Waals surface area (Å²) in [6, 6.07) is 2.09. The highest BCUT2D eigenvalue weighted by molar-refractivity contribution is 5.03. The Hall–Kier alpha value is -0.830. The summed E-state index contributed by atoms with van der Waals surface area (Å²) < 4.78 is 2.07. The van der Waals surface area contributed by atoms with Crippen LogP contribution in [0.5, 0.6) is 0 Å². The van der Waals surface area contributed by atoms with Crippen LogP contribution >= 0.6 is 0 Å². The van der Waals surface area contributed by atoms with E-state index in [4.69, 9.17) is 0 Å². The van der Waals surface area contributed by atoms with Gasteiger partial charge in [0.25, 0.3) is 0 Å². The second-order valence-corrected chi connectivity index (χ2v) is 2.15. The summed E-state index contributed by atoms with van der Waals surface area (Å²) in [5.74, 6) is 0. The lowest BCUT2D eigenvalue weighted by Crippen LogP contribution is -1.92. The fraction of sp³-hybridized carbons (Fsp3) is 0.500. The molecule has 2 N–H and O–H groups in total. The van der Waals surface area contributed by atoms with Crippen LogP contribution in [-0.4, -0.2) is 15.3 Å². The zero-order chi connectivity index (χ0) is 5.40. The Labute approximate surface area is 53.6 Å². The van der Waals surface area contributed by atoms with Crippen molar-refractivity contribution in [2.75, 3.05) is 0 Å². The first-order chi connectivity index (χ1) is 3.97. The Bertz CT molecular complexity index is 176. The molecule has 2 rings (SSSR count). The first kappa shape index (κ1) is 6.29. The predicted octanol–water partition coefficient (Wildman–Crippen LogP) is 0.00460. The molecule has 1 aliphatic rings. The van der Waals surface area contributed by atoms with Gasteiger partial charge in [-0.25, -0.2) is 0 Å². The molecule has 3 heteroatoms. The molecular weight excluding hydrogens is 116 g/mol. The van der Waals surface area contributed by atoms with E-state index in [2.05, 4.69) is 15.8 Å². The summed E-state index contributed by atoms with van der Waals surface area (Å²) in [6.07, 6.45) is 4.37. The van der Waals surface area contributed by atoms with E-state index in [1.54, 1.807) is 0 Å². The Balaban J connectivity index is 0.000000405. The van der Waals surface area contributed by atoms with Crippen molar-refractivity contribution in [3.05, 3.63) is 18.0 Å². The Kier molecular flexibility index (Phi) is 1.53. The van der Waals surface area contributed by atoms with Crippen molar-refractivity contribution in [3.63, 3.8) is 0 Å². The molecule has 0 aromatic carbocycles. The Morgan fingerprint density at radius 1 is 1.56 bits per heavy atom. The number of rotatable bonds is 0. The highest BCUT2D eigenvalue weighted by Crippen LogP contribution is 2.10. The molecule has 0 spiro atoms. The lowest BCUT2D eigenvalue weighted by molar-refractivity contribution is 0.656. The van der Waals surface area contributed by atoms with Crippen molar-refractivity contribution < 1.29 is 5.48 Å². The van der Waals surface area contributed by atoms with Crippen molar-refractivity contribution in [3.8, 4) is 0 Å². The van der Waals surface area contributed by atoms with Crippen molar-refractivity contribution in [1.82, 2.24) is 9.78 Å². The van der Waals surface area contributed by atoms with E-state index < -0.39 is 0 Å². The molecule has 0 bridgehead atoms. The van der Waals surface area contributed by atoms with Gasteiger partial charge in [0.1, 0.15) is 0 Å². The zero-order valence-corrected chi connectivity index (χ0v) is 5.17. The molecule has 0 saturated carbocycles. The molecule has 2 heterocycles. The van der Waals surface area contributed by atoms with Crippen LogP contribution in [0, 0.1) is 0 Å². The third-order valence-electron chi connectivity index (χ3n) is 1.61. The van der Waals surface area contributed by atoms with Crippen LogP contribution in [-0.2, 0) is 13.0 Å². The van der Waals surface area contributed by atoms with E-state index in [1.807, 2.05) is 6.20 Å². The second kappa shape index (κ2) is 2.19. The van der Waals surface area contributed by atoms with E-state index in [0.29, 0.717) is 0 Å². The molecule has 0 amide bonds. The van der Waals surface area contributed by atoms with Gasteiger partial charge in [-0.3, -0.25) is 4.68 Å². The van der Waals surface area contributed by atoms with Gasteiger partial charge in [0, 0.05) is 18.4 Å². The van der Waals surface area contributed by atoms with E-state index in [9.17, 15) is 0 Å². The maximum atomic E-state index is 4.11. The molecule has 0 aliphatic carbocycles. The largest absolute Gasteiger partial charge is 0.412 e. The van der Waals surface area contributed by atoms with Gasteiger partial charge in [0.2, 0.25) is 0 Å².